The van der Waals surface area contributed by atoms with E-state index in [4.69, 9.17) is 0 Å². The third-order valence-corrected chi connectivity index (χ3v) is 5.16. The molecule has 1 fully saturated rings. The van der Waals surface area contributed by atoms with Crippen LogP contribution in [0.5, 0.6) is 0 Å². The van der Waals surface area contributed by atoms with Crippen molar-refractivity contribution in [3.8, 4) is 0 Å². The van der Waals surface area contributed by atoms with Gasteiger partial charge in [-0.25, -0.2) is 13.1 Å². The second-order valence-corrected chi connectivity index (χ2v) is 6.77. The van der Waals surface area contributed by atoms with Gasteiger partial charge in [0.15, 0.2) is 0 Å². The molecule has 1 aromatic rings. The Balaban J connectivity index is 2.32. The fourth-order valence-electron chi connectivity index (χ4n) is 2.45. The van der Waals surface area contributed by atoms with E-state index in [9.17, 15) is 21.6 Å². The maximum atomic E-state index is 12.9. The fraction of sp³-hybridized carbons (Fsp3) is 0.538. The molecule has 1 aliphatic rings. The molecule has 8 heteroatoms. The minimum absolute atomic E-state index is 0.277. The van der Waals surface area contributed by atoms with Crippen molar-refractivity contribution in [2.45, 2.75) is 36.9 Å². The van der Waals surface area contributed by atoms with Gasteiger partial charge in [0.05, 0.1) is 10.5 Å². The second-order valence-electron chi connectivity index (χ2n) is 5.09. The fourth-order valence-corrected chi connectivity index (χ4v) is 3.99. The summed E-state index contributed by atoms with van der Waals surface area (Å²) in [4.78, 5) is -0.317. The van der Waals surface area contributed by atoms with Crippen LogP contribution >= 0.6 is 0 Å². The molecule has 1 heterocycles. The molecule has 2 rings (SSSR count). The number of sulfonamides is 1. The Kier molecular flexibility index (Phi) is 4.60. The van der Waals surface area contributed by atoms with E-state index in [1.165, 1.54) is 13.0 Å². The monoisotopic (exact) mass is 322 g/mol. The Bertz CT molecular complexity index is 608. The summed E-state index contributed by atoms with van der Waals surface area (Å²) in [5, 5.41) is 3.05. The van der Waals surface area contributed by atoms with E-state index in [-0.39, 0.29) is 16.5 Å². The van der Waals surface area contributed by atoms with Gasteiger partial charge < -0.3 is 5.32 Å². The largest absolute Gasteiger partial charge is 0.416 e. The van der Waals surface area contributed by atoms with Crippen molar-refractivity contribution in [3.63, 3.8) is 0 Å². The highest BCUT2D eigenvalue weighted by atomic mass is 32.2. The number of hydrogen-bond donors (Lipinski definition) is 2. The molecule has 0 bridgehead atoms. The molecule has 0 saturated carbocycles. The van der Waals surface area contributed by atoms with Crippen LogP contribution in [0.2, 0.25) is 0 Å². The third-order valence-electron chi connectivity index (χ3n) is 3.50. The van der Waals surface area contributed by atoms with Gasteiger partial charge in [-0.1, -0.05) is 6.07 Å². The standard InChI is InChI=1S/C13H17F3N2O2S/c1-9-11(13(14,15)16)5-2-6-12(9)21(19,20)18-10-4-3-7-17-8-10/h2,5-6,10,17-18H,3-4,7-8H2,1H3/t10-/m1/s1. The maximum absolute atomic E-state index is 12.9. The normalized spacial score (nSPS) is 20.5. The van der Waals surface area contributed by atoms with Crippen LogP contribution in [0.1, 0.15) is 24.0 Å². The molecular weight excluding hydrogens is 305 g/mol. The topological polar surface area (TPSA) is 58.2 Å². The lowest BCUT2D eigenvalue weighted by Gasteiger charge is -2.24. The van der Waals surface area contributed by atoms with Gasteiger partial charge >= 0.3 is 6.18 Å². The van der Waals surface area contributed by atoms with Crippen molar-refractivity contribution < 1.29 is 21.6 Å². The molecule has 1 saturated heterocycles. The molecule has 0 aromatic heterocycles. The average Bonchev–Trinajstić information content (AvgIpc) is 2.38. The van der Waals surface area contributed by atoms with Gasteiger partial charge in [-0.05, 0) is 44.0 Å². The Hall–Kier alpha value is -1.12. The number of alkyl halides is 3. The summed E-state index contributed by atoms with van der Waals surface area (Å²) in [5.41, 5.74) is -1.20. The summed E-state index contributed by atoms with van der Waals surface area (Å²) in [7, 11) is -3.96. The first-order valence-corrected chi connectivity index (χ1v) is 8.10. The minimum Gasteiger partial charge on any atom is -0.315 e. The Morgan fingerprint density at radius 2 is 2.05 bits per heavy atom. The molecule has 0 unspecified atom stereocenters. The molecule has 1 aliphatic heterocycles. The zero-order valence-corrected chi connectivity index (χ0v) is 12.3. The van der Waals surface area contributed by atoms with Gasteiger partial charge in [-0.15, -0.1) is 0 Å². The summed E-state index contributed by atoms with van der Waals surface area (Å²) >= 11 is 0. The molecule has 1 atom stereocenters. The molecule has 4 nitrogen and oxygen atoms in total. The van der Waals surface area contributed by atoms with Crippen LogP contribution in [0.3, 0.4) is 0 Å². The van der Waals surface area contributed by atoms with Crippen LogP contribution in [0, 0.1) is 6.92 Å². The molecular formula is C13H17F3N2O2S. The van der Waals surface area contributed by atoms with Gasteiger partial charge in [-0.3, -0.25) is 0 Å². The summed E-state index contributed by atoms with van der Waals surface area (Å²) in [6.07, 6.45) is -3.07. The van der Waals surface area contributed by atoms with Crippen LogP contribution < -0.4 is 10.0 Å². The lowest BCUT2D eigenvalue weighted by atomic mass is 10.1. The summed E-state index contributed by atoms with van der Waals surface area (Å²) in [5.74, 6) is 0. The Morgan fingerprint density at radius 1 is 1.33 bits per heavy atom. The molecule has 0 amide bonds. The molecule has 0 aliphatic carbocycles. The molecule has 118 valence electrons. The Labute approximate surface area is 121 Å². The lowest BCUT2D eigenvalue weighted by molar-refractivity contribution is -0.138. The number of nitrogens with one attached hydrogen (secondary N) is 2. The summed E-state index contributed by atoms with van der Waals surface area (Å²) in [6, 6.07) is 2.90. The van der Waals surface area contributed by atoms with Crippen molar-refractivity contribution in [2.75, 3.05) is 13.1 Å². The number of rotatable bonds is 3. The number of halogens is 3. The average molecular weight is 322 g/mol. The molecule has 0 spiro atoms. The van der Waals surface area contributed by atoms with Crippen molar-refractivity contribution in [1.29, 1.82) is 0 Å². The first-order valence-electron chi connectivity index (χ1n) is 6.61. The SMILES string of the molecule is Cc1c(C(F)(F)F)cccc1S(=O)(=O)N[C@@H]1CCCNC1. The van der Waals surface area contributed by atoms with Crippen LogP contribution in [0.15, 0.2) is 23.1 Å². The Morgan fingerprint density at radius 3 is 2.62 bits per heavy atom. The predicted molar refractivity (Wildman–Crippen MR) is 72.4 cm³/mol. The van der Waals surface area contributed by atoms with E-state index >= 15 is 0 Å². The number of hydrogen-bond acceptors (Lipinski definition) is 3. The maximum Gasteiger partial charge on any atom is 0.416 e. The summed E-state index contributed by atoms with van der Waals surface area (Å²) < 4.78 is 65.6. The van der Waals surface area contributed by atoms with Crippen molar-refractivity contribution >= 4 is 10.0 Å². The van der Waals surface area contributed by atoms with Crippen molar-refractivity contribution in [3.05, 3.63) is 29.3 Å². The van der Waals surface area contributed by atoms with Gasteiger partial charge in [0, 0.05) is 12.6 Å². The molecule has 21 heavy (non-hydrogen) atoms. The summed E-state index contributed by atoms with van der Waals surface area (Å²) in [6.45, 7) is 2.48. The lowest BCUT2D eigenvalue weighted by Crippen LogP contribution is -2.45. The number of piperidine rings is 1. The molecule has 2 N–H and O–H groups in total. The van der Waals surface area contributed by atoms with Gasteiger partial charge in [0.1, 0.15) is 0 Å². The van der Waals surface area contributed by atoms with Gasteiger partial charge in [0.25, 0.3) is 0 Å². The first-order chi connectivity index (χ1) is 9.72. The van der Waals surface area contributed by atoms with Crippen LogP contribution in [-0.2, 0) is 16.2 Å². The highest BCUT2D eigenvalue weighted by molar-refractivity contribution is 7.89. The van der Waals surface area contributed by atoms with Crippen molar-refractivity contribution in [2.24, 2.45) is 0 Å². The highest BCUT2D eigenvalue weighted by Gasteiger charge is 2.35. The van der Waals surface area contributed by atoms with Gasteiger partial charge in [0.2, 0.25) is 10.0 Å². The van der Waals surface area contributed by atoms with E-state index < -0.39 is 21.8 Å². The second kappa shape index (κ2) is 5.94. The zero-order chi connectivity index (χ0) is 15.7. The smallest absolute Gasteiger partial charge is 0.315 e. The quantitative estimate of drug-likeness (QED) is 0.895. The molecule has 1 aromatic carbocycles. The predicted octanol–water partition coefficient (Wildman–Crippen LogP) is 2.04. The highest BCUT2D eigenvalue weighted by Crippen LogP contribution is 2.34. The zero-order valence-electron chi connectivity index (χ0n) is 11.5. The number of benzene rings is 1. The van der Waals surface area contributed by atoms with Crippen LogP contribution in [-0.4, -0.2) is 27.5 Å². The van der Waals surface area contributed by atoms with Crippen LogP contribution in [0.25, 0.3) is 0 Å². The van der Waals surface area contributed by atoms with E-state index in [1.54, 1.807) is 0 Å². The van der Waals surface area contributed by atoms with Crippen molar-refractivity contribution in [1.82, 2.24) is 10.0 Å². The van der Waals surface area contributed by atoms with Gasteiger partial charge in [-0.2, -0.15) is 13.2 Å². The molecule has 0 radical (unpaired) electrons. The van der Waals surface area contributed by atoms with E-state index in [1.807, 2.05) is 0 Å². The minimum atomic E-state index is -4.57. The first kappa shape index (κ1) is 16.3. The van der Waals surface area contributed by atoms with Crippen LogP contribution in [0.4, 0.5) is 13.2 Å². The van der Waals surface area contributed by atoms with E-state index in [2.05, 4.69) is 10.0 Å². The van der Waals surface area contributed by atoms with E-state index in [0.29, 0.717) is 13.0 Å². The third kappa shape index (κ3) is 3.75. The van der Waals surface area contributed by atoms with E-state index in [0.717, 1.165) is 25.1 Å².